The summed E-state index contributed by atoms with van der Waals surface area (Å²) in [6.45, 7) is 3.42. The molecule has 0 radical (unpaired) electrons. The van der Waals surface area contributed by atoms with Gasteiger partial charge in [-0.25, -0.2) is 8.78 Å². The van der Waals surface area contributed by atoms with Crippen LogP contribution in [0, 0.1) is 18.6 Å². The molecule has 3 nitrogen and oxygen atoms in total. The Morgan fingerprint density at radius 2 is 1.92 bits per heavy atom. The Kier molecular flexibility index (Phi) is 5.37. The molecule has 132 valence electrons. The number of hydrogen-bond acceptors (Lipinski definition) is 2. The number of carbonyl (C=O) groups excluding carboxylic acids is 1. The summed E-state index contributed by atoms with van der Waals surface area (Å²) in [5.41, 5.74) is 2.29. The van der Waals surface area contributed by atoms with Crippen LogP contribution in [0.3, 0.4) is 0 Å². The normalized spacial score (nSPS) is 17.4. The molecule has 1 aliphatic heterocycles. The minimum atomic E-state index is -0.390. The minimum absolute atomic E-state index is 0.0114. The first kappa shape index (κ1) is 17.9. The van der Waals surface area contributed by atoms with Gasteiger partial charge in [0, 0.05) is 29.3 Å². The highest BCUT2D eigenvalue weighted by Crippen LogP contribution is 2.25. The van der Waals surface area contributed by atoms with Crippen LogP contribution in [-0.4, -0.2) is 25.0 Å². The van der Waals surface area contributed by atoms with Crippen molar-refractivity contribution in [2.24, 2.45) is 0 Å². The number of halogens is 3. The number of nitrogens with one attached hydrogen (secondary N) is 1. The largest absolute Gasteiger partial charge is 0.369 e. The molecule has 3 rings (SSSR count). The lowest BCUT2D eigenvalue weighted by molar-refractivity contribution is 0.0932. The van der Waals surface area contributed by atoms with Crippen molar-refractivity contribution in [2.45, 2.75) is 25.8 Å². The Labute approximate surface area is 154 Å². The lowest BCUT2D eigenvalue weighted by Gasteiger charge is -2.35. The summed E-state index contributed by atoms with van der Waals surface area (Å²) in [6.07, 6.45) is 1.81. The number of piperidine rings is 1. The average molecular weight is 409 g/mol. The molecule has 0 spiro atoms. The van der Waals surface area contributed by atoms with Gasteiger partial charge >= 0.3 is 0 Å². The second kappa shape index (κ2) is 7.52. The zero-order valence-electron chi connectivity index (χ0n) is 13.9. The molecule has 1 unspecified atom stereocenters. The molecule has 6 heteroatoms. The van der Waals surface area contributed by atoms with Crippen molar-refractivity contribution in [1.82, 2.24) is 5.32 Å². The van der Waals surface area contributed by atoms with Gasteiger partial charge in [-0.15, -0.1) is 0 Å². The fourth-order valence-corrected chi connectivity index (χ4v) is 3.76. The quantitative estimate of drug-likeness (QED) is 0.814. The molecule has 1 N–H and O–H groups in total. The number of carbonyl (C=O) groups is 1. The Bertz CT molecular complexity index is 797. The van der Waals surface area contributed by atoms with Gasteiger partial charge in [-0.1, -0.05) is 0 Å². The lowest BCUT2D eigenvalue weighted by atomic mass is 10.0. The van der Waals surface area contributed by atoms with Crippen molar-refractivity contribution in [2.75, 3.05) is 18.0 Å². The smallest absolute Gasteiger partial charge is 0.252 e. The van der Waals surface area contributed by atoms with Gasteiger partial charge < -0.3 is 10.2 Å². The summed E-state index contributed by atoms with van der Waals surface area (Å²) in [4.78, 5) is 14.6. The highest BCUT2D eigenvalue weighted by molar-refractivity contribution is 9.10. The first-order valence-corrected chi connectivity index (χ1v) is 9.00. The Morgan fingerprint density at radius 1 is 1.20 bits per heavy atom. The molecule has 1 fully saturated rings. The summed E-state index contributed by atoms with van der Waals surface area (Å²) in [7, 11) is 0. The van der Waals surface area contributed by atoms with E-state index in [0.717, 1.165) is 30.6 Å². The maximum absolute atomic E-state index is 13.3. The van der Waals surface area contributed by atoms with E-state index in [1.807, 2.05) is 6.92 Å². The van der Waals surface area contributed by atoms with Gasteiger partial charge in [0.25, 0.3) is 5.91 Å². The number of nitrogens with zero attached hydrogens (tertiary/aromatic N) is 1. The molecule has 1 amide bonds. The maximum Gasteiger partial charge on any atom is 0.252 e. The van der Waals surface area contributed by atoms with Gasteiger partial charge in [0.15, 0.2) is 0 Å². The third-order valence-electron chi connectivity index (χ3n) is 4.43. The summed E-state index contributed by atoms with van der Waals surface area (Å²) in [5, 5.41) is 3.02. The molecule has 25 heavy (non-hydrogen) atoms. The number of aryl methyl sites for hydroxylation is 1. The molecule has 1 heterocycles. The highest BCUT2D eigenvalue weighted by atomic mass is 79.9. The van der Waals surface area contributed by atoms with E-state index >= 15 is 0 Å². The predicted molar refractivity (Wildman–Crippen MR) is 97.9 cm³/mol. The van der Waals surface area contributed by atoms with Crippen LogP contribution < -0.4 is 10.2 Å². The van der Waals surface area contributed by atoms with Crippen LogP contribution in [0.1, 0.15) is 28.8 Å². The standard InChI is InChI=1S/C19H19BrF2N2O/c1-12-9-13(21)5-7-18(12)24-8-2-3-15(11-24)23-19(25)16-6-4-14(22)10-17(16)20/h4-7,9-10,15H,2-3,8,11H2,1H3,(H,23,25). The van der Waals surface area contributed by atoms with Crippen molar-refractivity contribution in [3.8, 4) is 0 Å². The van der Waals surface area contributed by atoms with Gasteiger partial charge in [0.1, 0.15) is 11.6 Å². The second-order valence-corrected chi connectivity index (χ2v) is 7.17. The first-order chi connectivity index (χ1) is 11.9. The van der Waals surface area contributed by atoms with Crippen molar-refractivity contribution in [3.63, 3.8) is 0 Å². The molecule has 2 aromatic rings. The molecule has 2 aromatic carbocycles. The van der Waals surface area contributed by atoms with Crippen LogP contribution in [-0.2, 0) is 0 Å². The zero-order valence-corrected chi connectivity index (χ0v) is 15.4. The summed E-state index contributed by atoms with van der Waals surface area (Å²) in [6, 6.07) is 8.78. The van der Waals surface area contributed by atoms with Crippen molar-refractivity contribution >= 4 is 27.5 Å². The van der Waals surface area contributed by atoms with Crippen molar-refractivity contribution in [3.05, 3.63) is 63.6 Å². The first-order valence-electron chi connectivity index (χ1n) is 8.21. The number of hydrogen-bond donors (Lipinski definition) is 1. The lowest BCUT2D eigenvalue weighted by Crippen LogP contribution is -2.48. The van der Waals surface area contributed by atoms with E-state index in [-0.39, 0.29) is 23.6 Å². The van der Waals surface area contributed by atoms with Gasteiger partial charge in [-0.3, -0.25) is 4.79 Å². The van der Waals surface area contributed by atoms with Crippen LogP contribution in [0.5, 0.6) is 0 Å². The Balaban J connectivity index is 1.70. The molecule has 0 aromatic heterocycles. The molecular weight excluding hydrogens is 390 g/mol. The third-order valence-corrected chi connectivity index (χ3v) is 5.09. The molecule has 1 aliphatic rings. The molecule has 1 saturated heterocycles. The van der Waals surface area contributed by atoms with Crippen LogP contribution in [0.15, 0.2) is 40.9 Å². The van der Waals surface area contributed by atoms with Crippen LogP contribution in [0.2, 0.25) is 0 Å². The maximum atomic E-state index is 13.3. The number of benzene rings is 2. The monoisotopic (exact) mass is 408 g/mol. The topological polar surface area (TPSA) is 32.3 Å². The summed E-state index contributed by atoms with van der Waals surface area (Å²) in [5.74, 6) is -0.863. The highest BCUT2D eigenvalue weighted by Gasteiger charge is 2.23. The van der Waals surface area contributed by atoms with Crippen molar-refractivity contribution < 1.29 is 13.6 Å². The van der Waals surface area contributed by atoms with E-state index < -0.39 is 0 Å². The summed E-state index contributed by atoms with van der Waals surface area (Å²) < 4.78 is 26.9. The zero-order chi connectivity index (χ0) is 18.0. The van der Waals surface area contributed by atoms with Gasteiger partial charge in [-0.05, 0) is 77.7 Å². The van der Waals surface area contributed by atoms with E-state index in [4.69, 9.17) is 0 Å². The van der Waals surface area contributed by atoms with Gasteiger partial charge in [0.2, 0.25) is 0 Å². The minimum Gasteiger partial charge on any atom is -0.369 e. The van der Waals surface area contributed by atoms with Crippen LogP contribution in [0.4, 0.5) is 14.5 Å². The average Bonchev–Trinajstić information content (AvgIpc) is 2.55. The van der Waals surface area contributed by atoms with Crippen molar-refractivity contribution in [1.29, 1.82) is 0 Å². The molecule has 1 atom stereocenters. The van der Waals surface area contributed by atoms with E-state index in [2.05, 4.69) is 26.1 Å². The van der Waals surface area contributed by atoms with Gasteiger partial charge in [-0.2, -0.15) is 0 Å². The van der Waals surface area contributed by atoms with E-state index in [0.29, 0.717) is 16.6 Å². The summed E-state index contributed by atoms with van der Waals surface area (Å²) >= 11 is 3.23. The molecule has 0 saturated carbocycles. The van der Waals surface area contributed by atoms with Gasteiger partial charge in [0.05, 0.1) is 5.56 Å². The van der Waals surface area contributed by atoms with E-state index in [9.17, 15) is 13.6 Å². The number of amides is 1. The van der Waals surface area contributed by atoms with Crippen LogP contribution in [0.25, 0.3) is 0 Å². The fourth-order valence-electron chi connectivity index (χ4n) is 3.22. The third kappa shape index (κ3) is 4.18. The van der Waals surface area contributed by atoms with Crippen LogP contribution >= 0.6 is 15.9 Å². The number of rotatable bonds is 3. The molecular formula is C19H19BrF2N2O. The SMILES string of the molecule is Cc1cc(F)ccc1N1CCCC(NC(=O)c2ccc(F)cc2Br)C1. The number of anilines is 1. The fraction of sp³-hybridized carbons (Fsp3) is 0.316. The van der Waals surface area contributed by atoms with E-state index in [1.165, 1.54) is 30.3 Å². The molecule has 0 bridgehead atoms. The second-order valence-electron chi connectivity index (χ2n) is 6.31. The molecule has 0 aliphatic carbocycles. The Morgan fingerprint density at radius 3 is 2.64 bits per heavy atom. The van der Waals surface area contributed by atoms with E-state index in [1.54, 1.807) is 6.07 Å². The Hall–Kier alpha value is -1.95. The predicted octanol–water partition coefficient (Wildman–Crippen LogP) is 4.43.